The number of esters is 1. The maximum Gasteiger partial charge on any atom is 0.367 e. The van der Waals surface area contributed by atoms with Gasteiger partial charge in [0.15, 0.2) is 0 Å². The van der Waals surface area contributed by atoms with Gasteiger partial charge in [0, 0.05) is 21.7 Å². The molecule has 0 atom stereocenters. The lowest BCUT2D eigenvalue weighted by molar-refractivity contribution is 0.0525. The molecule has 0 saturated carbocycles. The van der Waals surface area contributed by atoms with Crippen LogP contribution in [0.15, 0.2) is 28.5 Å². The van der Waals surface area contributed by atoms with Crippen molar-refractivity contribution in [3.8, 4) is 0 Å². The number of halogens is 1. The maximum absolute atomic E-state index is 11.5. The minimum absolute atomic E-state index is 0.351. The van der Waals surface area contributed by atoms with E-state index in [2.05, 4.69) is 4.98 Å². The second-order valence-electron chi connectivity index (χ2n) is 3.84. The van der Waals surface area contributed by atoms with E-state index in [1.807, 2.05) is 11.4 Å². The van der Waals surface area contributed by atoms with E-state index in [0.717, 1.165) is 10.6 Å². The Morgan fingerprint density at radius 3 is 3.05 bits per heavy atom. The molecule has 7 heteroatoms. The first-order valence-electron chi connectivity index (χ1n) is 5.89. The molecule has 0 amide bonds. The van der Waals surface area contributed by atoms with Gasteiger partial charge in [-0.3, -0.25) is 0 Å². The van der Waals surface area contributed by atoms with Gasteiger partial charge in [-0.25, -0.2) is 9.78 Å². The summed E-state index contributed by atoms with van der Waals surface area (Å²) in [5.41, 5.74) is 7.11. The van der Waals surface area contributed by atoms with Gasteiger partial charge in [-0.15, -0.1) is 23.1 Å². The Bertz CT molecular complexity index is 616. The number of anilines is 1. The molecule has 4 nitrogen and oxygen atoms in total. The second kappa shape index (κ2) is 6.97. The van der Waals surface area contributed by atoms with Crippen LogP contribution in [0.1, 0.15) is 22.4 Å². The number of thioether (sulfide) groups is 1. The van der Waals surface area contributed by atoms with Gasteiger partial charge in [0.25, 0.3) is 0 Å². The van der Waals surface area contributed by atoms with Crippen molar-refractivity contribution >= 4 is 46.4 Å². The molecule has 0 fully saturated rings. The second-order valence-corrected chi connectivity index (χ2v) is 6.13. The van der Waals surface area contributed by atoms with Crippen LogP contribution in [-0.4, -0.2) is 17.6 Å². The van der Waals surface area contributed by atoms with Crippen molar-refractivity contribution in [2.24, 2.45) is 0 Å². The third kappa shape index (κ3) is 3.88. The van der Waals surface area contributed by atoms with Crippen LogP contribution in [0.3, 0.4) is 0 Å². The Balaban J connectivity index is 1.99. The zero-order valence-corrected chi connectivity index (χ0v) is 13.1. The van der Waals surface area contributed by atoms with Crippen LogP contribution in [0.5, 0.6) is 0 Å². The third-order valence-corrected chi connectivity index (χ3v) is 4.74. The predicted molar refractivity (Wildman–Crippen MR) is 83.5 cm³/mol. The van der Waals surface area contributed by atoms with E-state index < -0.39 is 0 Å². The van der Waals surface area contributed by atoms with E-state index in [0.29, 0.717) is 28.1 Å². The van der Waals surface area contributed by atoms with Gasteiger partial charge in [-0.1, -0.05) is 11.6 Å². The molecule has 1 aromatic heterocycles. The molecule has 2 N–H and O–H groups in total. The summed E-state index contributed by atoms with van der Waals surface area (Å²) >= 11 is 8.94. The molecule has 0 aliphatic rings. The molecular weight excluding hydrogens is 316 g/mol. The first-order chi connectivity index (χ1) is 9.60. The Morgan fingerprint density at radius 1 is 1.55 bits per heavy atom. The highest BCUT2D eigenvalue weighted by Gasteiger charge is 2.12. The Morgan fingerprint density at radius 2 is 2.35 bits per heavy atom. The van der Waals surface area contributed by atoms with Gasteiger partial charge >= 0.3 is 5.97 Å². The molecule has 1 aromatic carbocycles. The highest BCUT2D eigenvalue weighted by atomic mass is 35.5. The minimum atomic E-state index is -0.376. The number of carbonyl (C=O) groups is 1. The van der Waals surface area contributed by atoms with Gasteiger partial charge in [-0.2, -0.15) is 0 Å². The number of aromatic nitrogens is 1. The summed E-state index contributed by atoms with van der Waals surface area (Å²) in [6.45, 7) is 2.12. The van der Waals surface area contributed by atoms with Crippen LogP contribution in [-0.2, 0) is 10.5 Å². The summed E-state index contributed by atoms with van der Waals surface area (Å²) in [6, 6.07) is 5.40. The molecule has 0 aliphatic carbocycles. The molecule has 20 heavy (non-hydrogen) atoms. The maximum atomic E-state index is 11.5. The fourth-order valence-electron chi connectivity index (χ4n) is 1.45. The van der Waals surface area contributed by atoms with Crippen LogP contribution in [0.25, 0.3) is 0 Å². The van der Waals surface area contributed by atoms with Crippen LogP contribution >= 0.6 is 34.7 Å². The lowest BCUT2D eigenvalue weighted by Crippen LogP contribution is -2.03. The van der Waals surface area contributed by atoms with Gasteiger partial charge in [0.2, 0.25) is 5.01 Å². The molecule has 0 aliphatic heterocycles. The zero-order valence-electron chi connectivity index (χ0n) is 10.8. The number of rotatable bonds is 5. The summed E-state index contributed by atoms with van der Waals surface area (Å²) in [7, 11) is 0. The van der Waals surface area contributed by atoms with Crippen LogP contribution in [0, 0.1) is 0 Å². The number of hydrogen-bond acceptors (Lipinski definition) is 6. The molecule has 0 unspecified atom stereocenters. The van der Waals surface area contributed by atoms with Crippen LogP contribution in [0.4, 0.5) is 5.69 Å². The Kier molecular flexibility index (Phi) is 5.28. The number of nitrogens with two attached hydrogens (primary N) is 1. The SMILES string of the molecule is CCOC(=O)c1nc(CSc2ccc(N)cc2Cl)cs1. The lowest BCUT2D eigenvalue weighted by Gasteiger charge is -2.03. The van der Waals surface area contributed by atoms with Crippen molar-refractivity contribution in [1.82, 2.24) is 4.98 Å². The number of benzene rings is 1. The normalized spacial score (nSPS) is 10.5. The molecule has 2 aromatic rings. The molecule has 0 radical (unpaired) electrons. The average molecular weight is 329 g/mol. The summed E-state index contributed by atoms with van der Waals surface area (Å²) in [6.07, 6.45) is 0. The minimum Gasteiger partial charge on any atom is -0.461 e. The van der Waals surface area contributed by atoms with Gasteiger partial charge in [0.1, 0.15) is 0 Å². The molecule has 0 spiro atoms. The third-order valence-electron chi connectivity index (χ3n) is 2.33. The summed E-state index contributed by atoms with van der Waals surface area (Å²) < 4.78 is 4.90. The highest BCUT2D eigenvalue weighted by molar-refractivity contribution is 7.98. The highest BCUT2D eigenvalue weighted by Crippen LogP contribution is 2.31. The number of ether oxygens (including phenoxy) is 1. The van der Waals surface area contributed by atoms with E-state index in [9.17, 15) is 4.79 Å². The smallest absolute Gasteiger partial charge is 0.367 e. The Hall–Kier alpha value is -1.24. The average Bonchev–Trinajstić information content (AvgIpc) is 2.87. The predicted octanol–water partition coefficient (Wildman–Crippen LogP) is 3.85. The fraction of sp³-hybridized carbons (Fsp3) is 0.231. The van der Waals surface area contributed by atoms with Gasteiger partial charge in [-0.05, 0) is 25.1 Å². The summed E-state index contributed by atoms with van der Waals surface area (Å²) in [4.78, 5) is 16.7. The van der Waals surface area contributed by atoms with E-state index in [1.54, 1.807) is 30.8 Å². The first kappa shape index (κ1) is 15.2. The van der Waals surface area contributed by atoms with E-state index in [1.165, 1.54) is 11.3 Å². The van der Waals surface area contributed by atoms with Crippen molar-refractivity contribution in [1.29, 1.82) is 0 Å². The lowest BCUT2D eigenvalue weighted by atomic mass is 10.3. The topological polar surface area (TPSA) is 65.2 Å². The number of nitrogen functional groups attached to an aromatic ring is 1. The van der Waals surface area contributed by atoms with Crippen LogP contribution in [0.2, 0.25) is 5.02 Å². The molecule has 1 heterocycles. The number of nitrogens with zero attached hydrogens (tertiary/aromatic N) is 1. The van der Waals surface area contributed by atoms with E-state index in [4.69, 9.17) is 22.1 Å². The summed E-state index contributed by atoms with van der Waals surface area (Å²) in [5, 5.41) is 2.85. The van der Waals surface area contributed by atoms with Crippen molar-refractivity contribution in [3.05, 3.63) is 39.3 Å². The van der Waals surface area contributed by atoms with Crippen molar-refractivity contribution in [2.45, 2.75) is 17.6 Å². The van der Waals surface area contributed by atoms with E-state index >= 15 is 0 Å². The van der Waals surface area contributed by atoms with Gasteiger partial charge in [0.05, 0.1) is 17.3 Å². The van der Waals surface area contributed by atoms with Gasteiger partial charge < -0.3 is 10.5 Å². The van der Waals surface area contributed by atoms with Crippen LogP contribution < -0.4 is 5.73 Å². The van der Waals surface area contributed by atoms with Crippen molar-refractivity contribution < 1.29 is 9.53 Å². The van der Waals surface area contributed by atoms with E-state index in [-0.39, 0.29) is 5.97 Å². The quantitative estimate of drug-likeness (QED) is 0.513. The number of hydrogen-bond donors (Lipinski definition) is 1. The largest absolute Gasteiger partial charge is 0.461 e. The van der Waals surface area contributed by atoms with Crippen molar-refractivity contribution in [2.75, 3.05) is 12.3 Å². The zero-order chi connectivity index (χ0) is 14.5. The molecule has 0 bridgehead atoms. The standard InChI is InChI=1S/C13H13ClN2O2S2/c1-2-18-13(17)12-16-9(7-20-12)6-19-11-4-3-8(15)5-10(11)14/h3-5,7H,2,6,15H2,1H3. The molecular formula is C13H13ClN2O2S2. The number of thiazole rings is 1. The Labute approximate surface area is 130 Å². The fourth-order valence-corrected chi connectivity index (χ4v) is 3.43. The van der Waals surface area contributed by atoms with Crippen molar-refractivity contribution in [3.63, 3.8) is 0 Å². The summed E-state index contributed by atoms with van der Waals surface area (Å²) in [5.74, 6) is 0.263. The molecule has 0 saturated heterocycles. The monoisotopic (exact) mass is 328 g/mol. The number of carbonyl (C=O) groups excluding carboxylic acids is 1. The first-order valence-corrected chi connectivity index (χ1v) is 8.14. The molecule has 106 valence electrons. The molecule has 2 rings (SSSR count).